The molecule has 0 unspecified atom stereocenters. The predicted octanol–water partition coefficient (Wildman–Crippen LogP) is 3.00. The largest absolute Gasteiger partial charge is 0.497 e. The lowest BCUT2D eigenvalue weighted by Gasteiger charge is -2.12. The third-order valence-corrected chi connectivity index (χ3v) is 4.64. The minimum absolute atomic E-state index is 0.0555. The van der Waals surface area contributed by atoms with E-state index in [9.17, 15) is 10.1 Å². The fraction of sp³-hybridized carbons (Fsp3) is 0.167. The zero-order valence-electron chi connectivity index (χ0n) is 13.8. The van der Waals surface area contributed by atoms with Gasteiger partial charge in [0, 0.05) is 13.6 Å². The van der Waals surface area contributed by atoms with E-state index in [-0.39, 0.29) is 11.1 Å². The molecule has 0 spiro atoms. The van der Waals surface area contributed by atoms with Gasteiger partial charge >= 0.3 is 0 Å². The first-order valence-electron chi connectivity index (χ1n) is 7.56. The Labute approximate surface area is 149 Å². The van der Waals surface area contributed by atoms with Gasteiger partial charge in [-0.3, -0.25) is 9.36 Å². The number of nitrogens with one attached hydrogen (secondary N) is 1. The van der Waals surface area contributed by atoms with Crippen LogP contribution < -0.4 is 15.6 Å². The molecule has 0 aliphatic carbocycles. The first kappa shape index (κ1) is 16.7. The molecule has 126 valence electrons. The summed E-state index contributed by atoms with van der Waals surface area (Å²) in [6, 6.07) is 13.3. The van der Waals surface area contributed by atoms with E-state index in [4.69, 9.17) is 4.74 Å². The number of ether oxygens (including phenoxy) is 1. The molecule has 2 heterocycles. The predicted molar refractivity (Wildman–Crippen MR) is 97.8 cm³/mol. The van der Waals surface area contributed by atoms with E-state index < -0.39 is 0 Å². The van der Waals surface area contributed by atoms with Crippen LogP contribution in [0.3, 0.4) is 0 Å². The number of methoxy groups -OCH3 is 1. The summed E-state index contributed by atoms with van der Waals surface area (Å²) in [4.78, 5) is 17.8. The third kappa shape index (κ3) is 3.39. The van der Waals surface area contributed by atoms with Crippen molar-refractivity contribution >= 4 is 17.3 Å². The highest BCUT2D eigenvalue weighted by atomic mass is 32.1. The highest BCUT2D eigenvalue weighted by Crippen LogP contribution is 2.25. The van der Waals surface area contributed by atoms with Crippen LogP contribution in [-0.4, -0.2) is 16.7 Å². The van der Waals surface area contributed by atoms with Crippen molar-refractivity contribution in [2.45, 2.75) is 6.54 Å². The molecule has 1 aromatic carbocycles. The van der Waals surface area contributed by atoms with Gasteiger partial charge in [-0.15, -0.1) is 11.3 Å². The molecule has 2 aromatic heterocycles. The van der Waals surface area contributed by atoms with Crippen LogP contribution in [0.1, 0.15) is 11.1 Å². The van der Waals surface area contributed by atoms with Gasteiger partial charge in [-0.25, -0.2) is 4.98 Å². The van der Waals surface area contributed by atoms with Crippen LogP contribution in [0.25, 0.3) is 10.6 Å². The second-order valence-corrected chi connectivity index (χ2v) is 6.26. The summed E-state index contributed by atoms with van der Waals surface area (Å²) in [7, 11) is 3.22. The molecule has 0 fully saturated rings. The fourth-order valence-corrected chi connectivity index (χ4v) is 3.10. The first-order chi connectivity index (χ1) is 12.1. The lowest BCUT2D eigenvalue weighted by Crippen LogP contribution is -2.25. The van der Waals surface area contributed by atoms with Crippen LogP contribution in [0.15, 0.2) is 46.6 Å². The van der Waals surface area contributed by atoms with E-state index in [1.54, 1.807) is 14.2 Å². The normalized spacial score (nSPS) is 10.3. The second-order valence-electron chi connectivity index (χ2n) is 5.31. The van der Waals surface area contributed by atoms with Crippen molar-refractivity contribution in [1.29, 1.82) is 5.26 Å². The van der Waals surface area contributed by atoms with Crippen LogP contribution >= 0.6 is 11.3 Å². The number of hydrogen-bond acceptors (Lipinski definition) is 6. The van der Waals surface area contributed by atoms with Gasteiger partial charge in [-0.1, -0.05) is 18.2 Å². The Kier molecular flexibility index (Phi) is 4.82. The van der Waals surface area contributed by atoms with Crippen molar-refractivity contribution < 1.29 is 4.74 Å². The Morgan fingerprint density at radius 3 is 2.68 bits per heavy atom. The van der Waals surface area contributed by atoms with Gasteiger partial charge in [0.05, 0.1) is 12.0 Å². The smallest absolute Gasteiger partial charge is 0.273 e. The van der Waals surface area contributed by atoms with Gasteiger partial charge in [0.25, 0.3) is 5.56 Å². The number of thiophene rings is 1. The summed E-state index contributed by atoms with van der Waals surface area (Å²) in [5.74, 6) is 1.20. The Hall–Kier alpha value is -3.11. The van der Waals surface area contributed by atoms with Gasteiger partial charge in [-0.2, -0.15) is 5.26 Å². The minimum Gasteiger partial charge on any atom is -0.497 e. The van der Waals surface area contributed by atoms with Crippen LogP contribution in [0.5, 0.6) is 5.75 Å². The molecule has 25 heavy (non-hydrogen) atoms. The molecule has 0 saturated carbocycles. The lowest BCUT2D eigenvalue weighted by atomic mass is 10.2. The molecule has 0 aliphatic rings. The number of nitrogens with zero attached hydrogens (tertiary/aromatic N) is 3. The maximum Gasteiger partial charge on any atom is 0.273 e. The zero-order chi connectivity index (χ0) is 17.8. The minimum atomic E-state index is -0.363. The van der Waals surface area contributed by atoms with Crippen LogP contribution in [0.2, 0.25) is 0 Å². The quantitative estimate of drug-likeness (QED) is 0.763. The summed E-state index contributed by atoms with van der Waals surface area (Å²) >= 11 is 1.44. The van der Waals surface area contributed by atoms with Crippen molar-refractivity contribution in [1.82, 2.24) is 9.55 Å². The Bertz CT molecular complexity index is 970. The summed E-state index contributed by atoms with van der Waals surface area (Å²) in [6.07, 6.45) is 0. The molecule has 7 heteroatoms. The monoisotopic (exact) mass is 352 g/mol. The van der Waals surface area contributed by atoms with Gasteiger partial charge in [-0.05, 0) is 29.1 Å². The van der Waals surface area contributed by atoms with E-state index in [1.165, 1.54) is 15.9 Å². The number of nitriles is 1. The maximum absolute atomic E-state index is 12.5. The van der Waals surface area contributed by atoms with Crippen molar-refractivity contribution in [3.8, 4) is 22.4 Å². The third-order valence-electron chi connectivity index (χ3n) is 3.77. The molecule has 3 aromatic rings. The molecule has 0 bridgehead atoms. The fourth-order valence-electron chi connectivity index (χ4n) is 2.38. The number of hydrogen-bond donors (Lipinski definition) is 1. The molecule has 1 N–H and O–H groups in total. The molecule has 3 rings (SSSR count). The van der Waals surface area contributed by atoms with E-state index in [1.807, 2.05) is 47.8 Å². The SMILES string of the molecule is COc1ccc(CNc2nc(-c3cccs3)c(C#N)c(=O)n2C)cc1. The molecular formula is C18H16N4O2S. The van der Waals surface area contributed by atoms with Gasteiger partial charge in [0.2, 0.25) is 5.95 Å². The standard InChI is InChI=1S/C18H16N4O2S/c1-22-17(23)14(10-19)16(15-4-3-9-25-15)21-18(22)20-11-12-5-7-13(24-2)8-6-12/h3-9H,11H2,1-2H3,(H,20,21). The van der Waals surface area contributed by atoms with E-state index in [0.717, 1.165) is 16.2 Å². The Morgan fingerprint density at radius 2 is 2.08 bits per heavy atom. The van der Waals surface area contributed by atoms with Gasteiger partial charge in [0.15, 0.2) is 0 Å². The molecule has 0 amide bonds. The number of benzene rings is 1. The van der Waals surface area contributed by atoms with Crippen LogP contribution in [0, 0.1) is 11.3 Å². The maximum atomic E-state index is 12.5. The molecule has 0 atom stereocenters. The Balaban J connectivity index is 1.93. The van der Waals surface area contributed by atoms with Crippen molar-refractivity contribution in [2.75, 3.05) is 12.4 Å². The first-order valence-corrected chi connectivity index (χ1v) is 8.44. The summed E-state index contributed by atoms with van der Waals surface area (Å²) in [5, 5.41) is 14.4. The van der Waals surface area contributed by atoms with E-state index >= 15 is 0 Å². The number of aromatic nitrogens is 2. The molecule has 0 aliphatic heterocycles. The van der Waals surface area contributed by atoms with Crippen LogP contribution in [-0.2, 0) is 13.6 Å². The highest BCUT2D eigenvalue weighted by Gasteiger charge is 2.16. The number of rotatable bonds is 5. The average Bonchev–Trinajstić information content (AvgIpc) is 3.17. The van der Waals surface area contributed by atoms with Gasteiger partial charge < -0.3 is 10.1 Å². The van der Waals surface area contributed by atoms with Crippen LogP contribution in [0.4, 0.5) is 5.95 Å². The van der Waals surface area contributed by atoms with Crippen molar-refractivity contribution in [2.24, 2.45) is 7.05 Å². The van der Waals surface area contributed by atoms with E-state index in [2.05, 4.69) is 10.3 Å². The number of anilines is 1. The van der Waals surface area contributed by atoms with Crippen molar-refractivity contribution in [3.63, 3.8) is 0 Å². The topological polar surface area (TPSA) is 79.9 Å². The average molecular weight is 352 g/mol. The molecule has 0 radical (unpaired) electrons. The van der Waals surface area contributed by atoms with Gasteiger partial charge in [0.1, 0.15) is 23.1 Å². The zero-order valence-corrected chi connectivity index (χ0v) is 14.6. The highest BCUT2D eigenvalue weighted by molar-refractivity contribution is 7.13. The van der Waals surface area contributed by atoms with Crippen molar-refractivity contribution in [3.05, 3.63) is 63.3 Å². The molecule has 0 saturated heterocycles. The summed E-state index contributed by atoms with van der Waals surface area (Å²) in [5.41, 5.74) is 1.13. The summed E-state index contributed by atoms with van der Waals surface area (Å²) < 4.78 is 6.50. The molecular weight excluding hydrogens is 336 g/mol. The van der Waals surface area contributed by atoms with E-state index in [0.29, 0.717) is 18.2 Å². The summed E-state index contributed by atoms with van der Waals surface area (Å²) in [6.45, 7) is 0.500. The molecule has 6 nitrogen and oxygen atoms in total. The second kappa shape index (κ2) is 7.20. The Morgan fingerprint density at radius 1 is 1.32 bits per heavy atom. The lowest BCUT2D eigenvalue weighted by molar-refractivity contribution is 0.414.